The van der Waals surface area contributed by atoms with Crippen molar-refractivity contribution in [3.8, 4) is 11.5 Å². The van der Waals surface area contributed by atoms with Crippen LogP contribution in [0.1, 0.15) is 25.3 Å². The van der Waals surface area contributed by atoms with Crippen LogP contribution in [-0.4, -0.2) is 32.6 Å². The van der Waals surface area contributed by atoms with Crippen LogP contribution >= 0.6 is 0 Å². The van der Waals surface area contributed by atoms with Crippen molar-refractivity contribution >= 4 is 23.2 Å². The summed E-state index contributed by atoms with van der Waals surface area (Å²) >= 11 is 0. The summed E-state index contributed by atoms with van der Waals surface area (Å²) in [7, 11) is 3.09. The van der Waals surface area contributed by atoms with Gasteiger partial charge < -0.3 is 19.7 Å². The number of hydrogen-bond acceptors (Lipinski definition) is 4. The molecule has 1 fully saturated rings. The normalized spacial score (nSPS) is 14.1. The summed E-state index contributed by atoms with van der Waals surface area (Å²) in [5.74, 6) is 0.640. The molecule has 0 aliphatic heterocycles. The Labute approximate surface area is 165 Å². The van der Waals surface area contributed by atoms with Gasteiger partial charge in [0, 0.05) is 18.3 Å². The second-order valence-corrected chi connectivity index (χ2v) is 6.99. The molecule has 6 heteroatoms. The van der Waals surface area contributed by atoms with Crippen molar-refractivity contribution in [3.05, 3.63) is 48.0 Å². The third kappa shape index (κ3) is 3.67. The van der Waals surface area contributed by atoms with E-state index in [2.05, 4.69) is 5.32 Å². The summed E-state index contributed by atoms with van der Waals surface area (Å²) in [6, 6.07) is 12.9. The highest BCUT2D eigenvalue weighted by molar-refractivity contribution is 6.18. The first-order valence-electron chi connectivity index (χ1n) is 9.37. The molecule has 0 bridgehead atoms. The van der Waals surface area contributed by atoms with E-state index in [0.717, 1.165) is 11.3 Å². The van der Waals surface area contributed by atoms with E-state index in [-0.39, 0.29) is 11.8 Å². The van der Waals surface area contributed by atoms with Gasteiger partial charge in [-0.25, -0.2) is 0 Å². The molecule has 0 heterocycles. The number of amides is 2. The van der Waals surface area contributed by atoms with E-state index in [1.165, 1.54) is 7.11 Å². The third-order valence-corrected chi connectivity index (χ3v) is 5.12. The van der Waals surface area contributed by atoms with E-state index in [1.807, 2.05) is 38.1 Å². The summed E-state index contributed by atoms with van der Waals surface area (Å²) in [5.41, 5.74) is 1.34. The Bertz CT molecular complexity index is 890. The Kier molecular flexibility index (Phi) is 5.58. The standard InChI is InChI=1S/C22H26N2O4/c1-5-24(16-8-6-7-15(2)13-16)21(26)22(11-12-22)20(25)23-18-14-17(27-3)9-10-19(18)28-4/h6-10,13-14H,5,11-12H2,1-4H3,(H,23,25). The monoisotopic (exact) mass is 382 g/mol. The van der Waals surface area contributed by atoms with E-state index in [1.54, 1.807) is 30.2 Å². The van der Waals surface area contributed by atoms with E-state index in [0.29, 0.717) is 36.6 Å². The molecular formula is C22H26N2O4. The van der Waals surface area contributed by atoms with Crippen LogP contribution in [0, 0.1) is 12.3 Å². The highest BCUT2D eigenvalue weighted by atomic mass is 16.5. The highest BCUT2D eigenvalue weighted by Crippen LogP contribution is 2.49. The van der Waals surface area contributed by atoms with Crippen LogP contribution in [0.15, 0.2) is 42.5 Å². The lowest BCUT2D eigenvalue weighted by atomic mass is 10.0. The second kappa shape index (κ2) is 7.92. The van der Waals surface area contributed by atoms with Gasteiger partial charge in [-0.15, -0.1) is 0 Å². The van der Waals surface area contributed by atoms with E-state index < -0.39 is 5.41 Å². The van der Waals surface area contributed by atoms with E-state index in [9.17, 15) is 9.59 Å². The average Bonchev–Trinajstić information content (AvgIpc) is 3.50. The van der Waals surface area contributed by atoms with Gasteiger partial charge in [-0.3, -0.25) is 9.59 Å². The molecule has 2 aromatic carbocycles. The number of ether oxygens (including phenoxy) is 2. The first-order valence-corrected chi connectivity index (χ1v) is 9.37. The summed E-state index contributed by atoms with van der Waals surface area (Å²) in [6.45, 7) is 4.40. The topological polar surface area (TPSA) is 67.9 Å². The number of hydrogen-bond donors (Lipinski definition) is 1. The number of benzene rings is 2. The Morgan fingerprint density at radius 1 is 1.11 bits per heavy atom. The highest BCUT2D eigenvalue weighted by Gasteiger charge is 2.58. The second-order valence-electron chi connectivity index (χ2n) is 6.99. The molecule has 28 heavy (non-hydrogen) atoms. The minimum Gasteiger partial charge on any atom is -0.497 e. The maximum atomic E-state index is 13.3. The van der Waals surface area contributed by atoms with Crippen LogP contribution in [0.3, 0.4) is 0 Å². The van der Waals surface area contributed by atoms with Gasteiger partial charge in [0.2, 0.25) is 11.8 Å². The molecule has 0 saturated heterocycles. The molecule has 2 amide bonds. The summed E-state index contributed by atoms with van der Waals surface area (Å²) in [4.78, 5) is 28.0. The van der Waals surface area contributed by atoms with Gasteiger partial charge in [-0.1, -0.05) is 12.1 Å². The Hall–Kier alpha value is -3.02. The van der Waals surface area contributed by atoms with Crippen molar-refractivity contribution in [1.82, 2.24) is 0 Å². The van der Waals surface area contributed by atoms with Gasteiger partial charge in [-0.05, 0) is 56.5 Å². The quantitative estimate of drug-likeness (QED) is 0.740. The van der Waals surface area contributed by atoms with Crippen LogP contribution in [0.2, 0.25) is 0 Å². The number of rotatable bonds is 7. The molecule has 0 atom stereocenters. The molecule has 0 radical (unpaired) electrons. The number of nitrogens with one attached hydrogen (secondary N) is 1. The first-order chi connectivity index (χ1) is 13.4. The zero-order valence-electron chi connectivity index (χ0n) is 16.7. The van der Waals surface area contributed by atoms with Crippen LogP contribution in [0.4, 0.5) is 11.4 Å². The average molecular weight is 382 g/mol. The fourth-order valence-corrected chi connectivity index (χ4v) is 3.31. The fourth-order valence-electron chi connectivity index (χ4n) is 3.31. The fraction of sp³-hybridized carbons (Fsp3) is 0.364. The molecule has 1 aliphatic rings. The lowest BCUT2D eigenvalue weighted by Crippen LogP contribution is -2.43. The van der Waals surface area contributed by atoms with Gasteiger partial charge >= 0.3 is 0 Å². The Morgan fingerprint density at radius 3 is 2.43 bits per heavy atom. The Morgan fingerprint density at radius 2 is 1.86 bits per heavy atom. The first kappa shape index (κ1) is 19.7. The summed E-state index contributed by atoms with van der Waals surface area (Å²) in [5, 5.41) is 2.87. The van der Waals surface area contributed by atoms with Crippen molar-refractivity contribution in [2.45, 2.75) is 26.7 Å². The van der Waals surface area contributed by atoms with Crippen molar-refractivity contribution in [3.63, 3.8) is 0 Å². The number of carbonyl (C=O) groups excluding carboxylic acids is 2. The molecule has 6 nitrogen and oxygen atoms in total. The third-order valence-electron chi connectivity index (χ3n) is 5.12. The number of methoxy groups -OCH3 is 2. The minimum atomic E-state index is -1.03. The van der Waals surface area contributed by atoms with Crippen LogP contribution < -0.4 is 19.7 Å². The lowest BCUT2D eigenvalue weighted by molar-refractivity contribution is -0.132. The van der Waals surface area contributed by atoms with Crippen molar-refractivity contribution in [2.75, 3.05) is 31.0 Å². The zero-order valence-corrected chi connectivity index (χ0v) is 16.7. The molecule has 1 N–H and O–H groups in total. The number of aryl methyl sites for hydroxylation is 1. The smallest absolute Gasteiger partial charge is 0.242 e. The van der Waals surface area contributed by atoms with E-state index >= 15 is 0 Å². The van der Waals surface area contributed by atoms with Crippen LogP contribution in [0.5, 0.6) is 11.5 Å². The predicted molar refractivity (Wildman–Crippen MR) is 109 cm³/mol. The van der Waals surface area contributed by atoms with Gasteiger partial charge in [0.15, 0.2) is 0 Å². The molecule has 0 aromatic heterocycles. The number of anilines is 2. The maximum absolute atomic E-state index is 13.3. The van der Waals surface area contributed by atoms with Crippen molar-refractivity contribution in [1.29, 1.82) is 0 Å². The molecule has 0 unspecified atom stereocenters. The lowest BCUT2D eigenvalue weighted by Gasteiger charge is -2.26. The number of nitrogens with zero attached hydrogens (tertiary/aromatic N) is 1. The van der Waals surface area contributed by atoms with Gasteiger partial charge in [0.05, 0.1) is 19.9 Å². The maximum Gasteiger partial charge on any atom is 0.242 e. The zero-order chi connectivity index (χ0) is 20.3. The molecular weight excluding hydrogens is 356 g/mol. The van der Waals surface area contributed by atoms with E-state index in [4.69, 9.17) is 9.47 Å². The largest absolute Gasteiger partial charge is 0.497 e. The van der Waals surface area contributed by atoms with Gasteiger partial charge in [0.1, 0.15) is 16.9 Å². The van der Waals surface area contributed by atoms with Crippen LogP contribution in [-0.2, 0) is 9.59 Å². The molecule has 1 aliphatic carbocycles. The molecule has 2 aromatic rings. The number of carbonyl (C=O) groups is 2. The summed E-state index contributed by atoms with van der Waals surface area (Å²) < 4.78 is 10.6. The predicted octanol–water partition coefficient (Wildman–Crippen LogP) is 3.78. The Balaban J connectivity index is 1.84. The molecule has 1 saturated carbocycles. The minimum absolute atomic E-state index is 0.167. The molecule has 148 valence electrons. The van der Waals surface area contributed by atoms with Gasteiger partial charge in [-0.2, -0.15) is 0 Å². The summed E-state index contributed by atoms with van der Waals surface area (Å²) in [6.07, 6.45) is 1.07. The van der Waals surface area contributed by atoms with Gasteiger partial charge in [0.25, 0.3) is 0 Å². The SMILES string of the molecule is CCN(C(=O)C1(C(=O)Nc2cc(OC)ccc2OC)CC1)c1cccc(C)c1. The van der Waals surface area contributed by atoms with Crippen molar-refractivity contribution in [2.24, 2.45) is 5.41 Å². The van der Waals surface area contributed by atoms with Crippen molar-refractivity contribution < 1.29 is 19.1 Å². The molecule has 3 rings (SSSR count). The molecule has 0 spiro atoms. The van der Waals surface area contributed by atoms with Crippen LogP contribution in [0.25, 0.3) is 0 Å².